The number of rotatable bonds is 6. The van der Waals surface area contributed by atoms with Crippen LogP contribution in [-0.2, 0) is 4.79 Å². The fourth-order valence-electron chi connectivity index (χ4n) is 2.17. The Morgan fingerprint density at radius 3 is 2.46 bits per heavy atom. The number of halogens is 2. The van der Waals surface area contributed by atoms with E-state index in [1.54, 1.807) is 19.2 Å². The van der Waals surface area contributed by atoms with Crippen LogP contribution in [0.2, 0.25) is 10.0 Å². The number of anilines is 2. The van der Waals surface area contributed by atoms with Crippen molar-refractivity contribution < 1.29 is 9.53 Å². The normalized spacial score (nSPS) is 10.4. The van der Waals surface area contributed by atoms with Gasteiger partial charge in [0.15, 0.2) is 0 Å². The summed E-state index contributed by atoms with van der Waals surface area (Å²) in [6.07, 6.45) is 0.316. The van der Waals surface area contributed by atoms with Gasteiger partial charge in [-0.25, -0.2) is 0 Å². The molecule has 0 aliphatic heterocycles. The minimum absolute atomic E-state index is 0.110. The largest absolute Gasteiger partial charge is 0.495 e. The van der Waals surface area contributed by atoms with Crippen LogP contribution in [0.15, 0.2) is 30.3 Å². The van der Waals surface area contributed by atoms with Crippen molar-refractivity contribution in [3.8, 4) is 5.75 Å². The average molecular weight is 367 g/mol. The summed E-state index contributed by atoms with van der Waals surface area (Å²) in [5, 5.41) is 7.33. The van der Waals surface area contributed by atoms with E-state index in [2.05, 4.69) is 10.6 Å². The highest BCUT2D eigenvalue weighted by Crippen LogP contribution is 2.31. The van der Waals surface area contributed by atoms with Crippen LogP contribution in [0.3, 0.4) is 0 Å². The van der Waals surface area contributed by atoms with Crippen LogP contribution < -0.4 is 15.4 Å². The van der Waals surface area contributed by atoms with Crippen molar-refractivity contribution in [1.29, 1.82) is 0 Å². The van der Waals surface area contributed by atoms with Gasteiger partial charge in [-0.3, -0.25) is 4.79 Å². The molecule has 0 fully saturated rings. The van der Waals surface area contributed by atoms with Crippen LogP contribution in [0.4, 0.5) is 11.4 Å². The van der Waals surface area contributed by atoms with Gasteiger partial charge in [-0.15, -0.1) is 0 Å². The van der Waals surface area contributed by atoms with Crippen LogP contribution in [0.1, 0.15) is 17.5 Å². The lowest BCUT2D eigenvalue weighted by molar-refractivity contribution is -0.115. The second kappa shape index (κ2) is 8.27. The van der Waals surface area contributed by atoms with Gasteiger partial charge in [-0.05, 0) is 43.2 Å². The first-order chi connectivity index (χ1) is 11.4. The number of hydrogen-bond donors (Lipinski definition) is 2. The van der Waals surface area contributed by atoms with Crippen LogP contribution >= 0.6 is 23.2 Å². The van der Waals surface area contributed by atoms with Gasteiger partial charge in [0.05, 0.1) is 12.8 Å². The highest BCUT2D eigenvalue weighted by Gasteiger charge is 2.10. The first-order valence-electron chi connectivity index (χ1n) is 7.54. The zero-order valence-corrected chi connectivity index (χ0v) is 15.4. The molecule has 0 heterocycles. The van der Waals surface area contributed by atoms with Crippen LogP contribution in [0.5, 0.6) is 5.75 Å². The molecule has 0 aromatic heterocycles. The molecule has 2 aromatic rings. The summed E-state index contributed by atoms with van der Waals surface area (Å²) in [6.45, 7) is 4.32. The smallest absolute Gasteiger partial charge is 0.226 e. The molecule has 0 aliphatic rings. The summed E-state index contributed by atoms with van der Waals surface area (Å²) in [6, 6.07) is 9.21. The third-order valence-electron chi connectivity index (χ3n) is 3.61. The molecule has 24 heavy (non-hydrogen) atoms. The maximum atomic E-state index is 12.1. The van der Waals surface area contributed by atoms with Crippen molar-refractivity contribution in [3.63, 3.8) is 0 Å². The molecule has 0 aliphatic carbocycles. The van der Waals surface area contributed by atoms with Gasteiger partial charge in [0.1, 0.15) is 5.75 Å². The van der Waals surface area contributed by atoms with E-state index in [0.29, 0.717) is 34.4 Å². The molecule has 0 spiro atoms. The lowest BCUT2D eigenvalue weighted by Crippen LogP contribution is -2.16. The van der Waals surface area contributed by atoms with E-state index in [1.807, 2.05) is 32.0 Å². The predicted octanol–water partition coefficient (Wildman–Crippen LogP) is 5.06. The standard InChI is InChI=1S/C18H20Cl2N2O2/c1-11-4-5-13(9-14(11)19)21-7-6-18(23)22-16-8-12(2)15(20)10-17(16)24-3/h4-5,8-10,21H,6-7H2,1-3H3,(H,22,23). The van der Waals surface area contributed by atoms with Crippen molar-refractivity contribution in [2.45, 2.75) is 20.3 Å². The molecule has 0 saturated carbocycles. The quantitative estimate of drug-likeness (QED) is 0.750. The number of hydrogen-bond acceptors (Lipinski definition) is 3. The van der Waals surface area contributed by atoms with E-state index in [-0.39, 0.29) is 5.91 Å². The first-order valence-corrected chi connectivity index (χ1v) is 8.30. The van der Waals surface area contributed by atoms with Crippen molar-refractivity contribution in [1.82, 2.24) is 0 Å². The molecular formula is C18H20Cl2N2O2. The Bertz CT molecular complexity index is 748. The molecule has 0 atom stereocenters. The number of ether oxygens (including phenoxy) is 1. The highest BCUT2D eigenvalue weighted by molar-refractivity contribution is 6.32. The number of nitrogens with one attached hydrogen (secondary N) is 2. The van der Waals surface area contributed by atoms with Crippen molar-refractivity contribution in [2.75, 3.05) is 24.3 Å². The summed E-state index contributed by atoms with van der Waals surface area (Å²) in [7, 11) is 1.54. The number of methoxy groups -OCH3 is 1. The number of carbonyl (C=O) groups excluding carboxylic acids is 1. The maximum absolute atomic E-state index is 12.1. The summed E-state index contributed by atoms with van der Waals surface area (Å²) in [5.74, 6) is 0.429. The third-order valence-corrected chi connectivity index (χ3v) is 4.42. The van der Waals surface area contributed by atoms with E-state index < -0.39 is 0 Å². The molecule has 2 rings (SSSR count). The van der Waals surface area contributed by atoms with Crippen molar-refractivity contribution in [3.05, 3.63) is 51.5 Å². The summed E-state index contributed by atoms with van der Waals surface area (Å²) >= 11 is 12.1. The SMILES string of the molecule is COc1cc(Cl)c(C)cc1NC(=O)CCNc1ccc(C)c(Cl)c1. The van der Waals surface area contributed by atoms with E-state index >= 15 is 0 Å². The van der Waals surface area contributed by atoms with Gasteiger partial charge >= 0.3 is 0 Å². The molecule has 0 unspecified atom stereocenters. The fraction of sp³-hybridized carbons (Fsp3) is 0.278. The van der Waals surface area contributed by atoms with Gasteiger partial charge in [-0.1, -0.05) is 29.3 Å². The third kappa shape index (κ3) is 4.79. The Labute approximate surface area is 152 Å². The molecule has 2 aromatic carbocycles. The Morgan fingerprint density at radius 2 is 1.79 bits per heavy atom. The predicted molar refractivity (Wildman–Crippen MR) is 101 cm³/mol. The summed E-state index contributed by atoms with van der Waals surface area (Å²) in [5.41, 5.74) is 3.39. The number of aryl methyl sites for hydroxylation is 2. The second-order valence-electron chi connectivity index (χ2n) is 5.49. The first kappa shape index (κ1) is 18.4. The lowest BCUT2D eigenvalue weighted by atomic mass is 10.2. The number of carbonyl (C=O) groups is 1. The molecular weight excluding hydrogens is 347 g/mol. The Balaban J connectivity index is 1.91. The number of benzene rings is 2. The van der Waals surface area contributed by atoms with E-state index in [1.165, 1.54) is 0 Å². The monoisotopic (exact) mass is 366 g/mol. The second-order valence-corrected chi connectivity index (χ2v) is 6.30. The molecule has 128 valence electrons. The number of amides is 1. The van der Waals surface area contributed by atoms with Gasteiger partial charge in [0.25, 0.3) is 0 Å². The topological polar surface area (TPSA) is 50.4 Å². The lowest BCUT2D eigenvalue weighted by Gasteiger charge is -2.13. The average Bonchev–Trinajstić information content (AvgIpc) is 2.54. The van der Waals surface area contributed by atoms with Gasteiger partial charge in [0.2, 0.25) is 5.91 Å². The molecule has 4 nitrogen and oxygen atoms in total. The van der Waals surface area contributed by atoms with Gasteiger partial charge in [-0.2, -0.15) is 0 Å². The molecule has 2 N–H and O–H groups in total. The van der Waals surface area contributed by atoms with E-state index in [4.69, 9.17) is 27.9 Å². The Hall–Kier alpha value is -1.91. The van der Waals surface area contributed by atoms with Crippen molar-refractivity contribution in [2.24, 2.45) is 0 Å². The Kier molecular flexibility index (Phi) is 6.35. The van der Waals surface area contributed by atoms with Crippen molar-refractivity contribution >= 4 is 40.5 Å². The van der Waals surface area contributed by atoms with E-state index in [9.17, 15) is 4.79 Å². The minimum Gasteiger partial charge on any atom is -0.495 e. The van der Waals surface area contributed by atoms with Gasteiger partial charge in [0, 0.05) is 34.8 Å². The van der Waals surface area contributed by atoms with Crippen LogP contribution in [0, 0.1) is 13.8 Å². The zero-order valence-electron chi connectivity index (χ0n) is 13.9. The molecule has 0 saturated heterocycles. The van der Waals surface area contributed by atoms with E-state index in [0.717, 1.165) is 16.8 Å². The Morgan fingerprint density at radius 1 is 1.08 bits per heavy atom. The molecule has 1 amide bonds. The summed E-state index contributed by atoms with van der Waals surface area (Å²) in [4.78, 5) is 12.1. The van der Waals surface area contributed by atoms with Crippen LogP contribution in [-0.4, -0.2) is 19.6 Å². The summed E-state index contributed by atoms with van der Waals surface area (Å²) < 4.78 is 5.25. The van der Waals surface area contributed by atoms with Crippen LogP contribution in [0.25, 0.3) is 0 Å². The maximum Gasteiger partial charge on any atom is 0.226 e. The fourth-order valence-corrected chi connectivity index (χ4v) is 2.50. The molecule has 0 bridgehead atoms. The molecule has 6 heteroatoms. The molecule has 0 radical (unpaired) electrons. The highest BCUT2D eigenvalue weighted by atomic mass is 35.5. The van der Waals surface area contributed by atoms with Gasteiger partial charge < -0.3 is 15.4 Å². The minimum atomic E-state index is -0.110. The zero-order chi connectivity index (χ0) is 17.7.